The lowest BCUT2D eigenvalue weighted by Gasteiger charge is -1.92. The molecule has 0 aromatic carbocycles. The summed E-state index contributed by atoms with van der Waals surface area (Å²) in [7, 11) is 0. The SMILES string of the molecule is ClC1=C[C]CC=[C]1. The molecule has 0 amide bonds. The number of hydrogen-bond donors (Lipinski definition) is 0. The van der Waals surface area contributed by atoms with Gasteiger partial charge in [-0.25, -0.2) is 0 Å². The first kappa shape index (κ1) is 4.92. The van der Waals surface area contributed by atoms with E-state index >= 15 is 0 Å². The molecule has 7 heavy (non-hydrogen) atoms. The highest BCUT2D eigenvalue weighted by Gasteiger charge is 1.90. The molecule has 1 rings (SSSR count). The molecule has 0 saturated carbocycles. The Morgan fingerprint density at radius 2 is 2.57 bits per heavy atom. The monoisotopic (exact) mass is 111 g/mol. The van der Waals surface area contributed by atoms with E-state index in [1.165, 1.54) is 0 Å². The van der Waals surface area contributed by atoms with Gasteiger partial charge in [0.2, 0.25) is 0 Å². The maximum atomic E-state index is 5.47. The van der Waals surface area contributed by atoms with Gasteiger partial charge in [-0.2, -0.15) is 0 Å². The van der Waals surface area contributed by atoms with Crippen molar-refractivity contribution < 1.29 is 0 Å². The zero-order valence-corrected chi connectivity index (χ0v) is 4.50. The minimum absolute atomic E-state index is 0.645. The van der Waals surface area contributed by atoms with Crippen LogP contribution >= 0.6 is 11.6 Å². The molecule has 0 nitrogen and oxygen atoms in total. The Morgan fingerprint density at radius 3 is 2.86 bits per heavy atom. The minimum atomic E-state index is 0.645. The highest BCUT2D eigenvalue weighted by atomic mass is 35.5. The van der Waals surface area contributed by atoms with E-state index in [0.717, 1.165) is 6.42 Å². The molecular formula is C6H4Cl. The summed E-state index contributed by atoms with van der Waals surface area (Å²) in [5.74, 6) is 0. The predicted molar refractivity (Wildman–Crippen MR) is 29.6 cm³/mol. The first-order valence-electron chi connectivity index (χ1n) is 2.07. The molecule has 1 aliphatic rings. The second kappa shape index (κ2) is 2.17. The number of hydrogen-bond acceptors (Lipinski definition) is 0. The van der Waals surface area contributed by atoms with Crippen LogP contribution in [-0.2, 0) is 0 Å². The summed E-state index contributed by atoms with van der Waals surface area (Å²) in [6.07, 6.45) is 10.2. The number of rotatable bonds is 0. The zero-order valence-electron chi connectivity index (χ0n) is 3.74. The van der Waals surface area contributed by atoms with Gasteiger partial charge < -0.3 is 0 Å². The van der Waals surface area contributed by atoms with Gasteiger partial charge in [0.05, 0.1) is 0 Å². The molecule has 0 aromatic rings. The van der Waals surface area contributed by atoms with Crippen LogP contribution in [0.2, 0.25) is 0 Å². The van der Waals surface area contributed by atoms with E-state index in [0.29, 0.717) is 5.03 Å². The van der Waals surface area contributed by atoms with Crippen molar-refractivity contribution >= 4 is 11.6 Å². The molecule has 1 heteroatoms. The third-order valence-corrected chi connectivity index (χ3v) is 0.907. The van der Waals surface area contributed by atoms with Gasteiger partial charge in [-0.05, 0) is 12.5 Å². The molecule has 0 atom stereocenters. The lowest BCUT2D eigenvalue weighted by Crippen LogP contribution is -1.76. The van der Waals surface area contributed by atoms with E-state index in [2.05, 4.69) is 12.5 Å². The molecule has 0 saturated heterocycles. The Bertz CT molecular complexity index is 111. The summed E-state index contributed by atoms with van der Waals surface area (Å²) in [5.41, 5.74) is 0. The molecule has 0 aliphatic heterocycles. The Balaban J connectivity index is 2.58. The average molecular weight is 112 g/mol. The average Bonchev–Trinajstić information content (AvgIpc) is 1.69. The van der Waals surface area contributed by atoms with E-state index in [9.17, 15) is 0 Å². The van der Waals surface area contributed by atoms with Crippen molar-refractivity contribution in [3.05, 3.63) is 29.7 Å². The highest BCUT2D eigenvalue weighted by molar-refractivity contribution is 6.30. The van der Waals surface area contributed by atoms with Crippen LogP contribution in [-0.4, -0.2) is 0 Å². The van der Waals surface area contributed by atoms with E-state index < -0.39 is 0 Å². The van der Waals surface area contributed by atoms with Crippen LogP contribution in [0.25, 0.3) is 0 Å². The fourth-order valence-electron chi connectivity index (χ4n) is 0.398. The predicted octanol–water partition coefficient (Wildman–Crippen LogP) is 1.95. The van der Waals surface area contributed by atoms with Crippen molar-refractivity contribution in [1.29, 1.82) is 0 Å². The minimum Gasteiger partial charge on any atom is -0.0840 e. The van der Waals surface area contributed by atoms with E-state index in [-0.39, 0.29) is 0 Å². The van der Waals surface area contributed by atoms with Gasteiger partial charge in [0, 0.05) is 11.5 Å². The van der Waals surface area contributed by atoms with Gasteiger partial charge in [0.1, 0.15) is 0 Å². The van der Waals surface area contributed by atoms with E-state index in [1.807, 2.05) is 6.08 Å². The molecule has 1 aliphatic carbocycles. The fourth-order valence-corrected chi connectivity index (χ4v) is 0.552. The molecular weight excluding hydrogens is 108 g/mol. The molecule has 0 bridgehead atoms. The molecule has 0 spiro atoms. The molecule has 0 N–H and O–H groups in total. The molecule has 0 aromatic heterocycles. The Hall–Kier alpha value is -0.230. The maximum Gasteiger partial charge on any atom is 0.0448 e. The van der Waals surface area contributed by atoms with Crippen LogP contribution in [0, 0.1) is 12.5 Å². The summed E-state index contributed by atoms with van der Waals surface area (Å²) in [6, 6.07) is 0. The van der Waals surface area contributed by atoms with Crippen LogP contribution in [0.15, 0.2) is 17.2 Å². The van der Waals surface area contributed by atoms with E-state index in [1.54, 1.807) is 6.08 Å². The number of halogens is 1. The Morgan fingerprint density at radius 1 is 1.71 bits per heavy atom. The Kier molecular flexibility index (Phi) is 1.53. The smallest absolute Gasteiger partial charge is 0.0448 e. The first-order chi connectivity index (χ1) is 3.39. The van der Waals surface area contributed by atoms with Crippen LogP contribution in [0.5, 0.6) is 0 Å². The third kappa shape index (κ3) is 1.36. The van der Waals surface area contributed by atoms with E-state index in [4.69, 9.17) is 11.6 Å². The standard InChI is InChI=1S/C6H4Cl/c7-6-4-2-1-3-5-6/h2,5H,1H2. The Labute approximate surface area is 48.5 Å². The lowest BCUT2D eigenvalue weighted by molar-refractivity contribution is 1.25. The third-order valence-electron chi connectivity index (χ3n) is 0.689. The maximum absolute atomic E-state index is 5.47. The second-order valence-corrected chi connectivity index (χ2v) is 1.66. The zero-order chi connectivity index (χ0) is 5.11. The molecule has 0 unspecified atom stereocenters. The summed E-state index contributed by atoms with van der Waals surface area (Å²) in [6.45, 7) is 0. The largest absolute Gasteiger partial charge is 0.0840 e. The van der Waals surface area contributed by atoms with Crippen molar-refractivity contribution in [1.82, 2.24) is 0 Å². The summed E-state index contributed by atoms with van der Waals surface area (Å²) < 4.78 is 0. The molecule has 3 radical (unpaired) electrons. The molecule has 0 heterocycles. The van der Waals surface area contributed by atoms with Gasteiger partial charge >= 0.3 is 0 Å². The highest BCUT2D eigenvalue weighted by Crippen LogP contribution is 2.09. The topological polar surface area (TPSA) is 0 Å². The van der Waals surface area contributed by atoms with Gasteiger partial charge in [-0.3, -0.25) is 0 Å². The van der Waals surface area contributed by atoms with Gasteiger partial charge in [0.15, 0.2) is 0 Å². The summed E-state index contributed by atoms with van der Waals surface area (Å²) >= 11 is 5.47. The first-order valence-corrected chi connectivity index (χ1v) is 2.44. The van der Waals surface area contributed by atoms with Crippen molar-refractivity contribution in [2.75, 3.05) is 0 Å². The lowest BCUT2D eigenvalue weighted by atomic mass is 10.2. The van der Waals surface area contributed by atoms with Crippen LogP contribution in [0.3, 0.4) is 0 Å². The van der Waals surface area contributed by atoms with Crippen molar-refractivity contribution in [2.45, 2.75) is 6.42 Å². The normalized spacial score (nSPS) is 19.3. The van der Waals surface area contributed by atoms with Gasteiger partial charge in [-0.15, -0.1) is 0 Å². The van der Waals surface area contributed by atoms with Crippen LogP contribution in [0.4, 0.5) is 0 Å². The summed E-state index contributed by atoms with van der Waals surface area (Å²) in [4.78, 5) is 0. The van der Waals surface area contributed by atoms with Crippen LogP contribution in [0.1, 0.15) is 6.42 Å². The molecule has 0 fully saturated rings. The van der Waals surface area contributed by atoms with Crippen molar-refractivity contribution in [3.63, 3.8) is 0 Å². The molecule has 35 valence electrons. The number of allylic oxidation sites excluding steroid dienone is 4. The summed E-state index contributed by atoms with van der Waals surface area (Å²) in [5, 5.41) is 0.645. The quantitative estimate of drug-likeness (QED) is 0.448. The van der Waals surface area contributed by atoms with Crippen LogP contribution < -0.4 is 0 Å². The second-order valence-electron chi connectivity index (χ2n) is 1.25. The fraction of sp³-hybridized carbons (Fsp3) is 0.167. The van der Waals surface area contributed by atoms with Crippen molar-refractivity contribution in [2.24, 2.45) is 0 Å². The van der Waals surface area contributed by atoms with Gasteiger partial charge in [-0.1, -0.05) is 23.8 Å². The van der Waals surface area contributed by atoms with Crippen molar-refractivity contribution in [3.8, 4) is 0 Å². The van der Waals surface area contributed by atoms with Gasteiger partial charge in [0.25, 0.3) is 0 Å².